The molecule has 0 saturated heterocycles. The summed E-state index contributed by atoms with van der Waals surface area (Å²) >= 11 is 0. The van der Waals surface area contributed by atoms with Crippen molar-refractivity contribution in [2.24, 2.45) is 0 Å². The monoisotopic (exact) mass is 599 g/mol. The molecule has 1 N–H and O–H groups in total. The minimum Gasteiger partial charge on any atom is -0.359 e. The van der Waals surface area contributed by atoms with Gasteiger partial charge in [0.1, 0.15) is 6.17 Å². The zero-order valence-corrected chi connectivity index (χ0v) is 25.6. The van der Waals surface area contributed by atoms with Crippen LogP contribution in [0, 0.1) is 11.3 Å². The normalized spacial score (nSPS) is 14.5. The molecular weight excluding hydrogens is 571 g/mol. The van der Waals surface area contributed by atoms with E-state index in [1.807, 2.05) is 24.3 Å². The summed E-state index contributed by atoms with van der Waals surface area (Å²) < 4.78 is 0. The second-order valence-corrected chi connectivity index (χ2v) is 12.1. The van der Waals surface area contributed by atoms with E-state index in [1.54, 1.807) is 0 Å². The quantitative estimate of drug-likeness (QED) is 0.205. The highest BCUT2D eigenvalue weighted by atomic mass is 15.3. The maximum atomic E-state index is 9.23. The number of nitrogens with zero attached hydrogens (tertiary/aromatic N) is 2. The highest BCUT2D eigenvalue weighted by molar-refractivity contribution is 6.23. The van der Waals surface area contributed by atoms with Gasteiger partial charge in [-0.15, -0.1) is 0 Å². The first-order chi connectivity index (χ1) is 23.3. The topological polar surface area (TPSA) is 39.1 Å². The summed E-state index contributed by atoms with van der Waals surface area (Å²) in [7, 11) is 0. The smallest absolute Gasteiger partial charge is 0.123 e. The van der Waals surface area contributed by atoms with Crippen molar-refractivity contribution < 1.29 is 0 Å². The van der Waals surface area contributed by atoms with E-state index in [1.165, 1.54) is 43.8 Å². The Kier molecular flexibility index (Phi) is 6.26. The lowest BCUT2D eigenvalue weighted by Crippen LogP contribution is -2.30. The zero-order valence-electron chi connectivity index (χ0n) is 25.6. The average molecular weight is 600 g/mol. The Balaban J connectivity index is 1.32. The number of hydrogen-bond donors (Lipinski definition) is 1. The fraction of sp³-hybridized carbons (Fsp3) is 0.0227. The maximum Gasteiger partial charge on any atom is 0.123 e. The second kappa shape index (κ2) is 10.9. The molecule has 220 valence electrons. The van der Waals surface area contributed by atoms with Crippen molar-refractivity contribution in [3.05, 3.63) is 170 Å². The van der Waals surface area contributed by atoms with Gasteiger partial charge in [0.15, 0.2) is 0 Å². The number of fused-ring (bicyclic) bond motifs is 6. The number of anilines is 2. The first-order valence-electron chi connectivity index (χ1n) is 15.9. The Bertz CT molecular complexity index is 2430. The molecule has 7 aromatic rings. The molecule has 7 aromatic carbocycles. The van der Waals surface area contributed by atoms with Crippen molar-refractivity contribution in [2.45, 2.75) is 6.17 Å². The molecule has 0 spiro atoms. The van der Waals surface area contributed by atoms with E-state index in [-0.39, 0.29) is 6.17 Å². The van der Waals surface area contributed by atoms with E-state index < -0.39 is 0 Å². The zero-order chi connectivity index (χ0) is 31.3. The van der Waals surface area contributed by atoms with Gasteiger partial charge in [0.05, 0.1) is 23.0 Å². The molecule has 0 aliphatic carbocycles. The summed E-state index contributed by atoms with van der Waals surface area (Å²) in [5, 5.41) is 18.1. The first-order valence-corrected chi connectivity index (χ1v) is 15.9. The van der Waals surface area contributed by atoms with E-state index in [9.17, 15) is 5.26 Å². The van der Waals surface area contributed by atoms with Crippen LogP contribution in [0.4, 0.5) is 11.4 Å². The maximum absolute atomic E-state index is 9.23. The highest BCUT2D eigenvalue weighted by Crippen LogP contribution is 2.52. The van der Waals surface area contributed by atoms with Crippen LogP contribution in [0.1, 0.15) is 5.56 Å². The minimum absolute atomic E-state index is 0.0506. The SMILES string of the molecule is N#Cc1ccc(-c2ccc(-c3cc(-c4c(-c5ccccc5)c5ccccc5c5ccccc45)c4c(c3)N3C=CC=CC3N4)cc2)cc1. The molecule has 2 aliphatic rings. The number of rotatable bonds is 4. The lowest BCUT2D eigenvalue weighted by atomic mass is 9.83. The van der Waals surface area contributed by atoms with Crippen molar-refractivity contribution in [2.75, 3.05) is 10.2 Å². The van der Waals surface area contributed by atoms with Crippen LogP contribution in [0.15, 0.2) is 164 Å². The Hall–Kier alpha value is -6.37. The van der Waals surface area contributed by atoms with Gasteiger partial charge in [0, 0.05) is 17.3 Å². The molecule has 0 fully saturated rings. The van der Waals surface area contributed by atoms with Gasteiger partial charge >= 0.3 is 0 Å². The highest BCUT2D eigenvalue weighted by Gasteiger charge is 2.31. The third-order valence-corrected chi connectivity index (χ3v) is 9.47. The average Bonchev–Trinajstić information content (AvgIpc) is 3.53. The molecule has 2 heterocycles. The number of allylic oxidation sites excluding steroid dienone is 2. The van der Waals surface area contributed by atoms with Crippen LogP contribution in [0.3, 0.4) is 0 Å². The van der Waals surface area contributed by atoms with Gasteiger partial charge < -0.3 is 10.2 Å². The fourth-order valence-corrected chi connectivity index (χ4v) is 7.26. The molecule has 3 heteroatoms. The molecule has 1 atom stereocenters. The number of hydrogen-bond acceptors (Lipinski definition) is 3. The van der Waals surface area contributed by atoms with Gasteiger partial charge in [-0.05, 0) is 91.3 Å². The van der Waals surface area contributed by atoms with Gasteiger partial charge in [0.25, 0.3) is 0 Å². The fourth-order valence-electron chi connectivity index (χ4n) is 7.26. The molecule has 0 bridgehead atoms. The summed E-state index contributed by atoms with van der Waals surface area (Å²) in [5.74, 6) is 0. The van der Waals surface area contributed by atoms with E-state index in [0.717, 1.165) is 33.6 Å². The molecule has 1 unspecified atom stereocenters. The standard InChI is InChI=1S/C44H29N3/c45-28-29-17-19-30(20-18-29)31-21-23-32(24-22-31)34-26-39(44-40(27-34)47-25-9-8-16-41(47)46-44)43-38-15-7-5-13-36(38)35-12-4-6-14-37(35)42(43)33-10-2-1-3-11-33/h1-27,41,46H. The molecule has 3 nitrogen and oxygen atoms in total. The Labute approximate surface area is 274 Å². The summed E-state index contributed by atoms with van der Waals surface area (Å²) in [6.07, 6.45) is 8.65. The van der Waals surface area contributed by atoms with Crippen molar-refractivity contribution in [1.29, 1.82) is 5.26 Å². The van der Waals surface area contributed by atoms with Gasteiger partial charge in [-0.2, -0.15) is 5.26 Å². The molecule has 2 aliphatic heterocycles. The largest absolute Gasteiger partial charge is 0.359 e. The number of nitrogens with one attached hydrogen (secondary N) is 1. The molecule has 0 saturated carbocycles. The lowest BCUT2D eigenvalue weighted by molar-refractivity contribution is 0.908. The Morgan fingerprint density at radius 3 is 1.77 bits per heavy atom. The molecule has 0 aromatic heterocycles. The molecule has 47 heavy (non-hydrogen) atoms. The summed E-state index contributed by atoms with van der Waals surface area (Å²) in [6.45, 7) is 0. The third kappa shape index (κ3) is 4.42. The summed E-state index contributed by atoms with van der Waals surface area (Å²) in [6, 6.07) is 51.9. The van der Waals surface area contributed by atoms with Gasteiger partial charge in [-0.1, -0.05) is 121 Å². The van der Waals surface area contributed by atoms with Crippen LogP contribution in [-0.2, 0) is 0 Å². The first kappa shape index (κ1) is 27.0. The van der Waals surface area contributed by atoms with Crippen LogP contribution in [0.2, 0.25) is 0 Å². The van der Waals surface area contributed by atoms with Gasteiger partial charge in [-0.25, -0.2) is 0 Å². The third-order valence-electron chi connectivity index (χ3n) is 9.47. The van der Waals surface area contributed by atoms with Crippen molar-refractivity contribution >= 4 is 32.9 Å². The Morgan fingerprint density at radius 1 is 0.532 bits per heavy atom. The number of benzene rings is 7. The second-order valence-electron chi connectivity index (χ2n) is 12.1. The van der Waals surface area contributed by atoms with Crippen LogP contribution in [0.25, 0.3) is 66.1 Å². The summed E-state index contributed by atoms with van der Waals surface area (Å²) in [5.41, 5.74) is 12.4. The lowest BCUT2D eigenvalue weighted by Gasteiger charge is -2.23. The molecule has 0 radical (unpaired) electrons. The van der Waals surface area contributed by atoms with E-state index >= 15 is 0 Å². The van der Waals surface area contributed by atoms with Crippen molar-refractivity contribution in [1.82, 2.24) is 0 Å². The van der Waals surface area contributed by atoms with Crippen LogP contribution in [-0.4, -0.2) is 6.17 Å². The number of nitriles is 1. The predicted molar refractivity (Wildman–Crippen MR) is 196 cm³/mol. The molecule has 0 amide bonds. The minimum atomic E-state index is 0.0506. The Morgan fingerprint density at radius 2 is 1.11 bits per heavy atom. The van der Waals surface area contributed by atoms with Crippen molar-refractivity contribution in [3.8, 4) is 50.6 Å². The molecular formula is C44H29N3. The van der Waals surface area contributed by atoms with E-state index in [2.05, 4.69) is 156 Å². The van der Waals surface area contributed by atoms with Crippen LogP contribution < -0.4 is 10.2 Å². The van der Waals surface area contributed by atoms with Crippen LogP contribution in [0.5, 0.6) is 0 Å². The van der Waals surface area contributed by atoms with Gasteiger partial charge in [0.2, 0.25) is 0 Å². The van der Waals surface area contributed by atoms with E-state index in [0.29, 0.717) is 5.56 Å². The predicted octanol–water partition coefficient (Wildman–Crippen LogP) is 11.2. The molecule has 9 rings (SSSR count). The van der Waals surface area contributed by atoms with Gasteiger partial charge in [-0.3, -0.25) is 0 Å². The van der Waals surface area contributed by atoms with E-state index in [4.69, 9.17) is 0 Å². The summed E-state index contributed by atoms with van der Waals surface area (Å²) in [4.78, 5) is 2.33. The van der Waals surface area contributed by atoms with Crippen LogP contribution >= 0.6 is 0 Å². The van der Waals surface area contributed by atoms with Crippen molar-refractivity contribution in [3.63, 3.8) is 0 Å².